The molecule has 0 aliphatic heterocycles. The number of hydrogen-bond donors (Lipinski definition) is 2. The first-order valence-corrected chi connectivity index (χ1v) is 8.39. The molecule has 1 heterocycles. The van der Waals surface area contributed by atoms with Crippen molar-refractivity contribution in [2.75, 3.05) is 24.9 Å². The maximum Gasteiger partial charge on any atom is 0.142 e. The van der Waals surface area contributed by atoms with Crippen molar-refractivity contribution in [3.8, 4) is 11.5 Å². The number of nitrogens with one attached hydrogen (secondary N) is 2. The Morgan fingerprint density at radius 1 is 0.846 bits per heavy atom. The van der Waals surface area contributed by atoms with Gasteiger partial charge in [0.05, 0.1) is 19.9 Å². The lowest BCUT2D eigenvalue weighted by Crippen LogP contribution is -2.00. The van der Waals surface area contributed by atoms with E-state index in [1.165, 1.54) is 11.9 Å². The first-order chi connectivity index (χ1) is 12.7. The van der Waals surface area contributed by atoms with Gasteiger partial charge in [-0.15, -0.1) is 0 Å². The molecule has 0 aliphatic rings. The highest BCUT2D eigenvalue weighted by molar-refractivity contribution is 5.68. The van der Waals surface area contributed by atoms with E-state index in [1.54, 1.807) is 14.2 Å². The van der Waals surface area contributed by atoms with Crippen LogP contribution >= 0.6 is 0 Å². The molecule has 3 rings (SSSR count). The minimum Gasteiger partial charge on any atom is -0.497 e. The average molecular weight is 350 g/mol. The molecule has 0 saturated carbocycles. The van der Waals surface area contributed by atoms with Crippen LogP contribution in [-0.4, -0.2) is 24.2 Å². The molecule has 0 radical (unpaired) electrons. The third-order valence-electron chi connectivity index (χ3n) is 3.97. The molecule has 0 fully saturated rings. The molecular formula is C20H22N4O2. The summed E-state index contributed by atoms with van der Waals surface area (Å²) < 4.78 is 10.7. The zero-order chi connectivity index (χ0) is 18.4. The Morgan fingerprint density at radius 3 is 2.23 bits per heavy atom. The molecule has 1 aromatic heterocycles. The van der Waals surface area contributed by atoms with Gasteiger partial charge >= 0.3 is 0 Å². The highest BCUT2D eigenvalue weighted by Crippen LogP contribution is 2.31. The predicted octanol–water partition coefficient (Wildman–Crippen LogP) is 4.54. The number of rotatable bonds is 7. The van der Waals surface area contributed by atoms with Crippen molar-refractivity contribution in [2.24, 2.45) is 0 Å². The van der Waals surface area contributed by atoms with Crippen molar-refractivity contribution < 1.29 is 9.47 Å². The van der Waals surface area contributed by atoms with E-state index in [-0.39, 0.29) is 0 Å². The van der Waals surface area contributed by atoms with Crippen LogP contribution in [-0.2, 0) is 6.42 Å². The lowest BCUT2D eigenvalue weighted by atomic mass is 10.1. The Kier molecular flexibility index (Phi) is 5.53. The highest BCUT2D eigenvalue weighted by Gasteiger charge is 2.07. The van der Waals surface area contributed by atoms with Crippen LogP contribution < -0.4 is 20.1 Å². The average Bonchev–Trinajstić information content (AvgIpc) is 2.69. The van der Waals surface area contributed by atoms with Gasteiger partial charge in [0.2, 0.25) is 0 Å². The van der Waals surface area contributed by atoms with Crippen molar-refractivity contribution in [1.82, 2.24) is 9.97 Å². The van der Waals surface area contributed by atoms with Gasteiger partial charge in [-0.3, -0.25) is 0 Å². The molecule has 2 N–H and O–H groups in total. The topological polar surface area (TPSA) is 68.3 Å². The fraction of sp³-hybridized carbons (Fsp3) is 0.200. The summed E-state index contributed by atoms with van der Waals surface area (Å²) in [6, 6.07) is 15.7. The zero-order valence-corrected chi connectivity index (χ0v) is 15.1. The molecule has 6 nitrogen and oxygen atoms in total. The van der Waals surface area contributed by atoms with E-state index in [1.807, 2.05) is 36.4 Å². The van der Waals surface area contributed by atoms with E-state index < -0.39 is 0 Å². The number of benzene rings is 2. The fourth-order valence-electron chi connectivity index (χ4n) is 2.52. The van der Waals surface area contributed by atoms with Gasteiger partial charge in [-0.2, -0.15) is 0 Å². The summed E-state index contributed by atoms with van der Waals surface area (Å²) in [6.45, 7) is 2.14. The van der Waals surface area contributed by atoms with Crippen LogP contribution in [0.2, 0.25) is 0 Å². The number of ether oxygens (including phenoxy) is 2. The minimum absolute atomic E-state index is 0.652. The van der Waals surface area contributed by atoms with Crippen molar-refractivity contribution in [3.05, 3.63) is 60.4 Å². The molecule has 0 spiro atoms. The van der Waals surface area contributed by atoms with E-state index in [4.69, 9.17) is 9.47 Å². The second-order valence-corrected chi connectivity index (χ2v) is 5.66. The SMILES string of the molecule is CCc1ccc(Nc2cc(Nc3cc(OC)ccc3OC)ncn2)cc1. The van der Waals surface area contributed by atoms with Gasteiger partial charge in [0.15, 0.2) is 0 Å². The number of aromatic nitrogens is 2. The maximum atomic E-state index is 5.39. The van der Waals surface area contributed by atoms with Gasteiger partial charge in [0, 0.05) is 17.8 Å². The number of nitrogens with zero attached hydrogens (tertiary/aromatic N) is 2. The molecule has 0 bridgehead atoms. The number of hydrogen-bond acceptors (Lipinski definition) is 6. The number of anilines is 4. The van der Waals surface area contributed by atoms with Crippen LogP contribution in [0.15, 0.2) is 54.9 Å². The van der Waals surface area contributed by atoms with Gasteiger partial charge in [0.25, 0.3) is 0 Å². The number of aryl methyl sites for hydroxylation is 1. The number of methoxy groups -OCH3 is 2. The van der Waals surface area contributed by atoms with Crippen LogP contribution in [0.5, 0.6) is 11.5 Å². The minimum atomic E-state index is 0.652. The summed E-state index contributed by atoms with van der Waals surface area (Å²) in [5.41, 5.74) is 3.04. The smallest absolute Gasteiger partial charge is 0.142 e. The second-order valence-electron chi connectivity index (χ2n) is 5.66. The molecule has 6 heteroatoms. The highest BCUT2D eigenvalue weighted by atomic mass is 16.5. The fourth-order valence-corrected chi connectivity index (χ4v) is 2.52. The molecule has 2 aromatic carbocycles. The summed E-state index contributed by atoms with van der Waals surface area (Å²) in [6.07, 6.45) is 2.53. The Labute approximate surface area is 153 Å². The summed E-state index contributed by atoms with van der Waals surface area (Å²) in [4.78, 5) is 8.55. The van der Waals surface area contributed by atoms with Crippen LogP contribution in [0.4, 0.5) is 23.0 Å². The first kappa shape index (κ1) is 17.5. The van der Waals surface area contributed by atoms with E-state index in [0.717, 1.165) is 23.5 Å². The van der Waals surface area contributed by atoms with E-state index in [9.17, 15) is 0 Å². The third kappa shape index (κ3) is 4.22. The normalized spacial score (nSPS) is 10.3. The monoisotopic (exact) mass is 350 g/mol. The Bertz CT molecular complexity index is 866. The first-order valence-electron chi connectivity index (χ1n) is 8.39. The van der Waals surface area contributed by atoms with Gasteiger partial charge in [-0.1, -0.05) is 19.1 Å². The maximum absolute atomic E-state index is 5.39. The van der Waals surface area contributed by atoms with Crippen molar-refractivity contribution in [2.45, 2.75) is 13.3 Å². The molecule has 0 atom stereocenters. The quantitative estimate of drug-likeness (QED) is 0.652. The van der Waals surface area contributed by atoms with E-state index in [0.29, 0.717) is 17.4 Å². The van der Waals surface area contributed by atoms with E-state index in [2.05, 4.69) is 39.7 Å². The Morgan fingerprint density at radius 2 is 1.58 bits per heavy atom. The molecule has 134 valence electrons. The molecule has 0 unspecified atom stereocenters. The van der Waals surface area contributed by atoms with E-state index >= 15 is 0 Å². The lowest BCUT2D eigenvalue weighted by molar-refractivity contribution is 0.405. The Balaban J connectivity index is 1.79. The molecule has 3 aromatic rings. The van der Waals surface area contributed by atoms with Gasteiger partial charge in [0.1, 0.15) is 29.5 Å². The van der Waals surface area contributed by atoms with Gasteiger partial charge in [-0.25, -0.2) is 9.97 Å². The van der Waals surface area contributed by atoms with Crippen LogP contribution in [0, 0.1) is 0 Å². The largest absolute Gasteiger partial charge is 0.497 e. The van der Waals surface area contributed by atoms with Crippen molar-refractivity contribution >= 4 is 23.0 Å². The van der Waals surface area contributed by atoms with Crippen LogP contribution in [0.3, 0.4) is 0 Å². The van der Waals surface area contributed by atoms with Gasteiger partial charge in [-0.05, 0) is 36.2 Å². The van der Waals surface area contributed by atoms with Crippen molar-refractivity contribution in [3.63, 3.8) is 0 Å². The summed E-state index contributed by atoms with van der Waals surface area (Å²) >= 11 is 0. The van der Waals surface area contributed by atoms with Crippen LogP contribution in [0.25, 0.3) is 0 Å². The third-order valence-corrected chi connectivity index (χ3v) is 3.97. The van der Waals surface area contributed by atoms with Gasteiger partial charge < -0.3 is 20.1 Å². The van der Waals surface area contributed by atoms with Crippen molar-refractivity contribution in [1.29, 1.82) is 0 Å². The van der Waals surface area contributed by atoms with Crippen LogP contribution in [0.1, 0.15) is 12.5 Å². The standard InChI is InChI=1S/C20H22N4O2/c1-4-14-5-7-15(8-6-14)23-19-12-20(22-13-21-19)24-17-11-16(25-2)9-10-18(17)26-3/h5-13H,4H2,1-3H3,(H2,21,22,23,24). The lowest BCUT2D eigenvalue weighted by Gasteiger charge is -2.13. The molecule has 0 amide bonds. The molecule has 0 aliphatic carbocycles. The summed E-state index contributed by atoms with van der Waals surface area (Å²) in [5.74, 6) is 2.79. The second kappa shape index (κ2) is 8.20. The molecule has 26 heavy (non-hydrogen) atoms. The zero-order valence-electron chi connectivity index (χ0n) is 15.1. The Hall–Kier alpha value is -3.28. The molecular weight excluding hydrogens is 328 g/mol. The summed E-state index contributed by atoms with van der Waals surface area (Å²) in [7, 11) is 3.25. The predicted molar refractivity (Wildman–Crippen MR) is 104 cm³/mol. The molecule has 0 saturated heterocycles. The summed E-state index contributed by atoms with van der Waals surface area (Å²) in [5, 5.41) is 6.53.